The molecule has 2 atom stereocenters. The van der Waals surface area contributed by atoms with Crippen molar-refractivity contribution in [1.29, 1.82) is 0 Å². The molecule has 1 aromatic heterocycles. The Hall–Kier alpha value is -2.41. The summed E-state index contributed by atoms with van der Waals surface area (Å²) in [7, 11) is 0. The van der Waals surface area contributed by atoms with Gasteiger partial charge in [0.2, 0.25) is 0 Å². The van der Waals surface area contributed by atoms with Gasteiger partial charge in [-0.05, 0) is 26.8 Å². The minimum absolute atomic E-state index is 0.00948. The van der Waals surface area contributed by atoms with Gasteiger partial charge in [-0.2, -0.15) is 5.10 Å². The highest BCUT2D eigenvalue weighted by atomic mass is 16.7. The summed E-state index contributed by atoms with van der Waals surface area (Å²) in [5.74, 6) is 2.07. The quantitative estimate of drug-likeness (QED) is 0.928. The smallest absolute Gasteiger partial charge is 0.254 e. The van der Waals surface area contributed by atoms with Crippen LogP contribution in [0.25, 0.3) is 0 Å². The van der Waals surface area contributed by atoms with E-state index in [9.17, 15) is 4.79 Å². The number of rotatable bonds is 4. The third-order valence-electron chi connectivity index (χ3n) is 3.79. The van der Waals surface area contributed by atoms with Crippen molar-refractivity contribution in [3.05, 3.63) is 41.5 Å². The van der Waals surface area contributed by atoms with E-state index in [2.05, 4.69) is 15.4 Å². The van der Waals surface area contributed by atoms with Gasteiger partial charge in [0.05, 0.1) is 6.04 Å². The van der Waals surface area contributed by atoms with E-state index in [1.54, 1.807) is 0 Å². The lowest BCUT2D eigenvalue weighted by Gasteiger charge is -2.26. The number of ether oxygens (including phenoxy) is 2. The van der Waals surface area contributed by atoms with E-state index >= 15 is 0 Å². The van der Waals surface area contributed by atoms with Crippen LogP contribution in [0.5, 0.6) is 5.75 Å². The van der Waals surface area contributed by atoms with Crippen molar-refractivity contribution >= 4 is 5.91 Å². The van der Waals surface area contributed by atoms with Crippen LogP contribution in [0.15, 0.2) is 24.3 Å². The van der Waals surface area contributed by atoms with Crippen LogP contribution in [-0.2, 0) is 9.53 Å². The summed E-state index contributed by atoms with van der Waals surface area (Å²) in [6.07, 6.45) is -0.647. The third kappa shape index (κ3) is 3.19. The highest BCUT2D eigenvalue weighted by Gasteiger charge is 2.28. The molecule has 1 aliphatic heterocycles. The Kier molecular flexibility index (Phi) is 4.29. The van der Waals surface area contributed by atoms with Gasteiger partial charge in [0.15, 0.2) is 12.9 Å². The van der Waals surface area contributed by atoms with E-state index in [1.165, 1.54) is 0 Å². The minimum atomic E-state index is -0.647. The highest BCUT2D eigenvalue weighted by Crippen LogP contribution is 2.31. The molecular weight excluding hydrogens is 296 g/mol. The molecule has 7 nitrogen and oxygen atoms in total. The van der Waals surface area contributed by atoms with Gasteiger partial charge in [-0.1, -0.05) is 18.2 Å². The number of hydrogen-bond donors (Lipinski definition) is 1. The summed E-state index contributed by atoms with van der Waals surface area (Å²) < 4.78 is 12.7. The Morgan fingerprint density at radius 2 is 2.22 bits per heavy atom. The molecular formula is C16H20N4O3. The van der Waals surface area contributed by atoms with Gasteiger partial charge in [-0.25, -0.2) is 9.67 Å². The minimum Gasteiger partial charge on any atom is -0.467 e. The molecule has 1 aliphatic rings. The maximum atomic E-state index is 12.4. The lowest BCUT2D eigenvalue weighted by atomic mass is 10.1. The molecule has 0 saturated carbocycles. The third-order valence-corrected chi connectivity index (χ3v) is 3.79. The normalized spacial score (nSPS) is 18.0. The standard InChI is InChI=1S/C16H20N4O3/c1-10(20-12(3)18-11(2)19-20)8-17-16(21)15-13-6-4-5-7-14(13)22-9-23-15/h4-7,10,15H,8-9H2,1-3H3,(H,17,21)/t10-,15-/m0/s1. The molecule has 122 valence electrons. The van der Waals surface area contributed by atoms with Crippen LogP contribution < -0.4 is 10.1 Å². The van der Waals surface area contributed by atoms with Crippen molar-refractivity contribution in [3.8, 4) is 5.75 Å². The van der Waals surface area contributed by atoms with Crippen LogP contribution in [0.4, 0.5) is 0 Å². The van der Waals surface area contributed by atoms with Crippen molar-refractivity contribution in [1.82, 2.24) is 20.1 Å². The molecule has 7 heteroatoms. The van der Waals surface area contributed by atoms with E-state index in [0.717, 1.165) is 17.2 Å². The summed E-state index contributed by atoms with van der Waals surface area (Å²) in [4.78, 5) is 16.7. The van der Waals surface area contributed by atoms with Crippen molar-refractivity contribution in [3.63, 3.8) is 0 Å². The lowest BCUT2D eigenvalue weighted by Crippen LogP contribution is -2.37. The molecule has 0 radical (unpaired) electrons. The maximum absolute atomic E-state index is 12.4. The summed E-state index contributed by atoms with van der Waals surface area (Å²) >= 11 is 0. The summed E-state index contributed by atoms with van der Waals surface area (Å²) in [5, 5.41) is 7.26. The molecule has 2 aromatic rings. The number of hydrogen-bond acceptors (Lipinski definition) is 5. The second-order valence-corrected chi connectivity index (χ2v) is 5.59. The summed E-state index contributed by atoms with van der Waals surface area (Å²) in [5.41, 5.74) is 0.747. The average Bonchev–Trinajstić information content (AvgIpc) is 2.90. The predicted molar refractivity (Wildman–Crippen MR) is 83.0 cm³/mol. The monoisotopic (exact) mass is 316 g/mol. The number of fused-ring (bicyclic) bond motifs is 1. The number of para-hydroxylation sites is 1. The number of carbonyl (C=O) groups is 1. The summed E-state index contributed by atoms with van der Waals surface area (Å²) in [6, 6.07) is 7.42. The van der Waals surface area contributed by atoms with Gasteiger partial charge < -0.3 is 14.8 Å². The number of aromatic nitrogens is 3. The maximum Gasteiger partial charge on any atom is 0.254 e. The fraction of sp³-hybridized carbons (Fsp3) is 0.438. The Balaban J connectivity index is 1.65. The zero-order valence-corrected chi connectivity index (χ0v) is 13.4. The first-order chi connectivity index (χ1) is 11.1. The van der Waals surface area contributed by atoms with Gasteiger partial charge in [-0.3, -0.25) is 4.79 Å². The van der Waals surface area contributed by atoms with Crippen LogP contribution in [0.1, 0.15) is 36.3 Å². The van der Waals surface area contributed by atoms with Crippen molar-refractivity contribution in [2.45, 2.75) is 32.9 Å². The van der Waals surface area contributed by atoms with Gasteiger partial charge in [0.25, 0.3) is 5.91 Å². The number of nitrogens with one attached hydrogen (secondary N) is 1. The molecule has 23 heavy (non-hydrogen) atoms. The Bertz CT molecular complexity index is 713. The average molecular weight is 316 g/mol. The van der Waals surface area contributed by atoms with Gasteiger partial charge in [0.1, 0.15) is 17.4 Å². The van der Waals surface area contributed by atoms with Gasteiger partial charge >= 0.3 is 0 Å². The first-order valence-electron chi connectivity index (χ1n) is 7.57. The molecule has 0 saturated heterocycles. The number of benzene rings is 1. The SMILES string of the molecule is Cc1nc(C)n([C@@H](C)CNC(=O)[C@H]2OCOc3ccccc32)n1. The molecule has 2 heterocycles. The molecule has 0 fully saturated rings. The molecule has 1 N–H and O–H groups in total. The van der Waals surface area contributed by atoms with Gasteiger partial charge in [0, 0.05) is 12.1 Å². The fourth-order valence-electron chi connectivity index (χ4n) is 2.68. The first kappa shape index (κ1) is 15.5. The number of aryl methyl sites for hydroxylation is 2. The first-order valence-corrected chi connectivity index (χ1v) is 7.57. The summed E-state index contributed by atoms with van der Waals surface area (Å²) in [6.45, 7) is 6.26. The van der Waals surface area contributed by atoms with Gasteiger partial charge in [-0.15, -0.1) is 0 Å². The highest BCUT2D eigenvalue weighted by molar-refractivity contribution is 5.83. The van der Waals surface area contributed by atoms with Crippen molar-refractivity contribution in [2.24, 2.45) is 0 Å². The van der Waals surface area contributed by atoms with Crippen LogP contribution in [0.2, 0.25) is 0 Å². The van der Waals surface area contributed by atoms with E-state index < -0.39 is 6.10 Å². The molecule has 0 unspecified atom stereocenters. The van der Waals surface area contributed by atoms with Crippen molar-refractivity contribution < 1.29 is 14.3 Å². The lowest BCUT2D eigenvalue weighted by molar-refractivity contribution is -0.142. The Labute approximate surface area is 134 Å². The number of amides is 1. The molecule has 0 spiro atoms. The topological polar surface area (TPSA) is 78.3 Å². The number of nitrogens with zero attached hydrogens (tertiary/aromatic N) is 3. The van der Waals surface area contributed by atoms with Crippen LogP contribution in [-0.4, -0.2) is 34.0 Å². The fourth-order valence-corrected chi connectivity index (χ4v) is 2.68. The van der Waals surface area contributed by atoms with E-state index in [-0.39, 0.29) is 18.7 Å². The molecule has 3 rings (SSSR count). The van der Waals surface area contributed by atoms with E-state index in [0.29, 0.717) is 12.3 Å². The van der Waals surface area contributed by atoms with Crippen molar-refractivity contribution in [2.75, 3.05) is 13.3 Å². The zero-order valence-electron chi connectivity index (χ0n) is 13.4. The largest absolute Gasteiger partial charge is 0.467 e. The van der Waals surface area contributed by atoms with E-state index in [4.69, 9.17) is 9.47 Å². The van der Waals surface area contributed by atoms with E-state index in [1.807, 2.05) is 49.7 Å². The second kappa shape index (κ2) is 6.37. The Morgan fingerprint density at radius 1 is 1.43 bits per heavy atom. The number of carbonyl (C=O) groups excluding carboxylic acids is 1. The predicted octanol–water partition coefficient (Wildman–Crippen LogP) is 1.68. The molecule has 1 aromatic carbocycles. The van der Waals surface area contributed by atoms with Crippen LogP contribution in [0.3, 0.4) is 0 Å². The second-order valence-electron chi connectivity index (χ2n) is 5.59. The van der Waals surface area contributed by atoms with Crippen LogP contribution >= 0.6 is 0 Å². The Morgan fingerprint density at radius 3 is 2.96 bits per heavy atom. The molecule has 1 amide bonds. The van der Waals surface area contributed by atoms with Crippen LogP contribution in [0, 0.1) is 13.8 Å². The zero-order chi connectivity index (χ0) is 16.4. The molecule has 0 bridgehead atoms. The molecule has 0 aliphatic carbocycles.